The van der Waals surface area contributed by atoms with E-state index >= 15 is 0 Å². The second-order valence-electron chi connectivity index (χ2n) is 6.51. The summed E-state index contributed by atoms with van der Waals surface area (Å²) in [5, 5.41) is 6.19. The first-order valence-electron chi connectivity index (χ1n) is 8.00. The van der Waals surface area contributed by atoms with Crippen LogP contribution in [0.15, 0.2) is 64.7 Å². The fraction of sp³-hybridized carbons (Fsp3) is 0.211. The van der Waals surface area contributed by atoms with Gasteiger partial charge in [-0.05, 0) is 54.0 Å². The molecule has 0 radical (unpaired) electrons. The van der Waals surface area contributed by atoms with E-state index in [4.69, 9.17) is 5.14 Å². The number of benzene rings is 1. The van der Waals surface area contributed by atoms with Gasteiger partial charge in [0.2, 0.25) is 10.0 Å². The van der Waals surface area contributed by atoms with Gasteiger partial charge in [-0.1, -0.05) is 30.4 Å². The average Bonchev–Trinajstić information content (AvgIpc) is 3.25. The maximum atomic E-state index is 11.5. The second-order valence-corrected chi connectivity index (χ2v) is 8.90. The molecule has 1 aromatic carbocycles. The number of nitrogens with zero attached hydrogens (tertiary/aromatic N) is 1. The SMILES string of the molecule is CSc1ccc(C2=CC3(C=C2c2ccc(S(N)(=O)=O)cc2)CC3)cn1. The van der Waals surface area contributed by atoms with Gasteiger partial charge in [0.05, 0.1) is 9.92 Å². The molecule has 1 heterocycles. The minimum Gasteiger partial charge on any atom is -0.249 e. The molecule has 1 saturated carbocycles. The molecule has 1 fully saturated rings. The minimum atomic E-state index is -3.67. The Bertz CT molecular complexity index is 985. The summed E-state index contributed by atoms with van der Waals surface area (Å²) in [6, 6.07) is 10.9. The van der Waals surface area contributed by atoms with Crippen LogP contribution in [0.2, 0.25) is 0 Å². The fourth-order valence-electron chi connectivity index (χ4n) is 3.17. The quantitative estimate of drug-likeness (QED) is 0.833. The second kappa shape index (κ2) is 5.83. The van der Waals surface area contributed by atoms with Crippen molar-refractivity contribution in [3.63, 3.8) is 0 Å². The van der Waals surface area contributed by atoms with E-state index in [9.17, 15) is 8.42 Å². The highest BCUT2D eigenvalue weighted by atomic mass is 32.2. The Kier molecular flexibility index (Phi) is 3.86. The highest BCUT2D eigenvalue weighted by Gasteiger charge is 2.43. The molecule has 0 unspecified atom stereocenters. The molecule has 2 aliphatic carbocycles. The third-order valence-electron chi connectivity index (χ3n) is 4.73. The number of hydrogen-bond donors (Lipinski definition) is 1. The summed E-state index contributed by atoms with van der Waals surface area (Å²) in [7, 11) is -3.67. The van der Waals surface area contributed by atoms with Crippen LogP contribution in [0.4, 0.5) is 0 Å². The summed E-state index contributed by atoms with van der Waals surface area (Å²) in [6.45, 7) is 0. The van der Waals surface area contributed by atoms with Gasteiger partial charge < -0.3 is 0 Å². The highest BCUT2D eigenvalue weighted by Crippen LogP contribution is 2.57. The van der Waals surface area contributed by atoms with Gasteiger partial charge >= 0.3 is 0 Å². The first-order chi connectivity index (χ1) is 11.9. The normalized spacial score (nSPS) is 18.2. The lowest BCUT2D eigenvalue weighted by atomic mass is 9.96. The van der Waals surface area contributed by atoms with Gasteiger partial charge in [-0.2, -0.15) is 0 Å². The van der Waals surface area contributed by atoms with E-state index in [1.54, 1.807) is 23.9 Å². The number of nitrogens with two attached hydrogens (primary N) is 1. The van der Waals surface area contributed by atoms with E-state index in [1.165, 1.54) is 5.57 Å². The largest absolute Gasteiger partial charge is 0.249 e. The van der Waals surface area contributed by atoms with E-state index in [-0.39, 0.29) is 10.3 Å². The van der Waals surface area contributed by atoms with E-state index in [1.807, 2.05) is 30.7 Å². The zero-order chi connectivity index (χ0) is 17.7. The lowest BCUT2D eigenvalue weighted by Gasteiger charge is -2.10. The number of primary sulfonamides is 1. The van der Waals surface area contributed by atoms with Crippen LogP contribution in [0, 0.1) is 5.41 Å². The van der Waals surface area contributed by atoms with Crippen LogP contribution in [-0.2, 0) is 10.0 Å². The Morgan fingerprint density at radius 1 is 1.00 bits per heavy atom. The minimum absolute atomic E-state index is 0.132. The number of aromatic nitrogens is 1. The van der Waals surface area contributed by atoms with Crippen molar-refractivity contribution in [2.75, 3.05) is 6.26 Å². The molecule has 128 valence electrons. The van der Waals surface area contributed by atoms with Gasteiger partial charge in [0.1, 0.15) is 0 Å². The molecule has 0 saturated heterocycles. The molecule has 25 heavy (non-hydrogen) atoms. The van der Waals surface area contributed by atoms with Crippen molar-refractivity contribution in [3.05, 3.63) is 65.9 Å². The Morgan fingerprint density at radius 2 is 1.60 bits per heavy atom. The van der Waals surface area contributed by atoms with E-state index in [2.05, 4.69) is 23.2 Å². The predicted octanol–water partition coefficient (Wildman–Crippen LogP) is 3.71. The number of rotatable bonds is 4. The van der Waals surface area contributed by atoms with Gasteiger partial charge in [0.25, 0.3) is 0 Å². The molecule has 0 aliphatic heterocycles. The van der Waals surface area contributed by atoms with Gasteiger partial charge in [-0.25, -0.2) is 18.5 Å². The summed E-state index contributed by atoms with van der Waals surface area (Å²) >= 11 is 1.62. The summed E-state index contributed by atoms with van der Waals surface area (Å²) < 4.78 is 22.9. The van der Waals surface area contributed by atoms with Gasteiger partial charge in [-0.3, -0.25) is 0 Å². The van der Waals surface area contributed by atoms with Crippen LogP contribution in [0.5, 0.6) is 0 Å². The smallest absolute Gasteiger partial charge is 0.238 e. The number of pyridine rings is 1. The molecule has 0 atom stereocenters. The number of allylic oxidation sites excluding steroid dienone is 4. The molecule has 4 rings (SSSR count). The van der Waals surface area contributed by atoms with Gasteiger partial charge in [-0.15, -0.1) is 11.8 Å². The maximum absolute atomic E-state index is 11.5. The Morgan fingerprint density at radius 3 is 2.08 bits per heavy atom. The van der Waals surface area contributed by atoms with Crippen molar-refractivity contribution in [1.82, 2.24) is 4.98 Å². The van der Waals surface area contributed by atoms with Crippen LogP contribution in [0.1, 0.15) is 24.0 Å². The zero-order valence-corrected chi connectivity index (χ0v) is 15.4. The molecule has 6 heteroatoms. The number of sulfonamides is 1. The Balaban J connectivity index is 1.73. The van der Waals surface area contributed by atoms with Crippen molar-refractivity contribution in [3.8, 4) is 0 Å². The van der Waals surface area contributed by atoms with E-state index < -0.39 is 10.0 Å². The molecule has 0 amide bonds. The van der Waals surface area contributed by atoms with Crippen molar-refractivity contribution in [1.29, 1.82) is 0 Å². The molecular formula is C19H18N2O2S2. The van der Waals surface area contributed by atoms with Crippen LogP contribution in [0.3, 0.4) is 0 Å². The monoisotopic (exact) mass is 370 g/mol. The van der Waals surface area contributed by atoms with Gasteiger partial charge in [0.15, 0.2) is 0 Å². The molecule has 4 nitrogen and oxygen atoms in total. The molecule has 2 N–H and O–H groups in total. The Labute approximate surface area is 151 Å². The first kappa shape index (κ1) is 16.6. The first-order valence-corrected chi connectivity index (χ1v) is 10.8. The fourth-order valence-corrected chi connectivity index (χ4v) is 4.04. The Hall–Kier alpha value is -1.89. The molecular weight excluding hydrogens is 352 g/mol. The standard InChI is InChI=1S/C19H18N2O2S2/c1-24-18-7-4-14(12-21-18)17-11-19(8-9-19)10-16(17)13-2-5-15(6-3-13)25(20,22)23/h2-7,10-12H,8-9H2,1H3,(H2,20,22,23). The average molecular weight is 370 g/mol. The summed E-state index contributed by atoms with van der Waals surface area (Å²) in [5.41, 5.74) is 4.56. The molecule has 1 aromatic heterocycles. The molecule has 1 spiro atoms. The molecule has 2 aliphatic rings. The van der Waals surface area contributed by atoms with E-state index in [0.29, 0.717) is 0 Å². The summed E-state index contributed by atoms with van der Waals surface area (Å²) in [5.74, 6) is 0. The van der Waals surface area contributed by atoms with Crippen molar-refractivity contribution in [2.45, 2.75) is 22.8 Å². The maximum Gasteiger partial charge on any atom is 0.238 e. The topological polar surface area (TPSA) is 73.1 Å². The molecule has 0 bridgehead atoms. The zero-order valence-electron chi connectivity index (χ0n) is 13.8. The summed E-state index contributed by atoms with van der Waals surface area (Å²) in [6.07, 6.45) is 10.9. The third kappa shape index (κ3) is 3.17. The number of thioether (sulfide) groups is 1. The van der Waals surface area contributed by atoms with Crippen LogP contribution in [0.25, 0.3) is 11.1 Å². The van der Waals surface area contributed by atoms with E-state index in [0.717, 1.165) is 34.6 Å². The highest BCUT2D eigenvalue weighted by molar-refractivity contribution is 7.98. The van der Waals surface area contributed by atoms with Crippen molar-refractivity contribution in [2.24, 2.45) is 10.6 Å². The molecule has 2 aromatic rings. The third-order valence-corrected chi connectivity index (χ3v) is 6.32. The van der Waals surface area contributed by atoms with Crippen molar-refractivity contribution >= 4 is 32.9 Å². The predicted molar refractivity (Wildman–Crippen MR) is 101 cm³/mol. The lowest BCUT2D eigenvalue weighted by molar-refractivity contribution is 0.598. The van der Waals surface area contributed by atoms with Crippen LogP contribution in [-0.4, -0.2) is 19.7 Å². The summed E-state index contributed by atoms with van der Waals surface area (Å²) in [4.78, 5) is 4.62. The van der Waals surface area contributed by atoms with Crippen molar-refractivity contribution < 1.29 is 8.42 Å². The van der Waals surface area contributed by atoms with Crippen LogP contribution < -0.4 is 5.14 Å². The lowest BCUT2D eigenvalue weighted by Crippen LogP contribution is -2.11. The van der Waals surface area contributed by atoms with Gasteiger partial charge in [0, 0.05) is 17.2 Å². The van der Waals surface area contributed by atoms with Crippen LogP contribution >= 0.6 is 11.8 Å². The number of hydrogen-bond acceptors (Lipinski definition) is 4.